The molecular weight excluding hydrogens is 414 g/mol. The molecule has 4 aromatic carbocycles. The van der Waals surface area contributed by atoms with Crippen LogP contribution in [0.1, 0.15) is 35.1 Å². The van der Waals surface area contributed by atoms with E-state index in [9.17, 15) is 14.7 Å². The minimum atomic E-state index is -0.993. The highest BCUT2D eigenvalue weighted by molar-refractivity contribution is 5.84. The van der Waals surface area contributed by atoms with E-state index in [1.165, 1.54) is 0 Å². The molecule has 4 aromatic rings. The van der Waals surface area contributed by atoms with Crippen molar-refractivity contribution in [3.05, 3.63) is 108 Å². The summed E-state index contributed by atoms with van der Waals surface area (Å²) in [6.07, 6.45) is -0.862. The minimum absolute atomic E-state index is 0.0539. The van der Waals surface area contributed by atoms with Crippen LogP contribution in [0.3, 0.4) is 0 Å². The van der Waals surface area contributed by atoms with Crippen molar-refractivity contribution < 1.29 is 19.4 Å². The predicted molar refractivity (Wildman–Crippen MR) is 127 cm³/mol. The number of nitrogens with one attached hydrogen (secondary N) is 1. The Morgan fingerprint density at radius 1 is 0.818 bits per heavy atom. The summed E-state index contributed by atoms with van der Waals surface area (Å²) < 4.78 is 5.62. The minimum Gasteiger partial charge on any atom is -0.481 e. The first-order chi connectivity index (χ1) is 16.1. The highest BCUT2D eigenvalue weighted by Crippen LogP contribution is 2.44. The van der Waals surface area contributed by atoms with Gasteiger partial charge < -0.3 is 15.2 Å². The summed E-state index contributed by atoms with van der Waals surface area (Å²) in [6, 6.07) is 29.1. The molecule has 0 aliphatic heterocycles. The third kappa shape index (κ3) is 4.17. The Bertz CT molecular complexity index is 1300. The molecule has 164 valence electrons. The van der Waals surface area contributed by atoms with E-state index in [0.29, 0.717) is 0 Å². The zero-order valence-corrected chi connectivity index (χ0v) is 17.9. The van der Waals surface area contributed by atoms with Gasteiger partial charge in [-0.05, 0) is 44.7 Å². The normalized spacial score (nSPS) is 13.2. The quantitative estimate of drug-likeness (QED) is 0.394. The fraction of sp³-hybridized carbons (Fsp3) is 0.143. The maximum Gasteiger partial charge on any atom is 0.407 e. The molecular formula is C28H23NO4. The number of rotatable bonds is 6. The van der Waals surface area contributed by atoms with Gasteiger partial charge in [-0.15, -0.1) is 0 Å². The van der Waals surface area contributed by atoms with E-state index in [4.69, 9.17) is 4.74 Å². The van der Waals surface area contributed by atoms with Crippen LogP contribution in [0.4, 0.5) is 4.79 Å². The smallest absolute Gasteiger partial charge is 0.407 e. The lowest BCUT2D eigenvalue weighted by molar-refractivity contribution is -0.137. The number of hydrogen-bond donors (Lipinski definition) is 2. The number of amides is 1. The van der Waals surface area contributed by atoms with Gasteiger partial charge in [0.2, 0.25) is 0 Å². The van der Waals surface area contributed by atoms with E-state index >= 15 is 0 Å². The van der Waals surface area contributed by atoms with Gasteiger partial charge in [-0.1, -0.05) is 84.9 Å². The number of fused-ring (bicyclic) bond motifs is 4. The highest BCUT2D eigenvalue weighted by Gasteiger charge is 2.29. The summed E-state index contributed by atoms with van der Waals surface area (Å²) in [6.45, 7) is 0.178. The van der Waals surface area contributed by atoms with Gasteiger partial charge in [0.1, 0.15) is 6.61 Å². The number of ether oxygens (including phenoxy) is 1. The highest BCUT2D eigenvalue weighted by atomic mass is 16.5. The molecule has 33 heavy (non-hydrogen) atoms. The first-order valence-corrected chi connectivity index (χ1v) is 10.9. The summed E-state index contributed by atoms with van der Waals surface area (Å²) in [5.41, 5.74) is 5.29. The van der Waals surface area contributed by atoms with E-state index in [-0.39, 0.29) is 18.9 Å². The van der Waals surface area contributed by atoms with E-state index in [1.807, 2.05) is 66.7 Å². The first kappa shape index (κ1) is 20.8. The standard InChI is InChI=1S/C28H23NO4/c30-27(31)16-26(20-14-13-18-7-1-2-8-19(18)15-20)29-28(32)33-17-25-23-11-5-3-9-21(23)22-10-4-6-12-24(22)25/h1-15,25-26H,16-17H2,(H,29,32)(H,30,31)/t26-/m1/s1. The molecule has 5 nitrogen and oxygen atoms in total. The number of hydrogen-bond acceptors (Lipinski definition) is 3. The number of carboxylic acid groups (broad SMARTS) is 1. The average Bonchev–Trinajstić information content (AvgIpc) is 3.15. The van der Waals surface area contributed by atoms with Crippen molar-refractivity contribution in [3.8, 4) is 11.1 Å². The van der Waals surface area contributed by atoms with Gasteiger partial charge in [-0.2, -0.15) is 0 Å². The second-order valence-electron chi connectivity index (χ2n) is 8.23. The summed E-state index contributed by atoms with van der Waals surface area (Å²) in [4.78, 5) is 24.2. The van der Waals surface area contributed by atoms with Gasteiger partial charge in [0, 0.05) is 5.92 Å². The fourth-order valence-corrected chi connectivity index (χ4v) is 4.63. The molecule has 1 atom stereocenters. The van der Waals surface area contributed by atoms with Crippen LogP contribution in [0, 0.1) is 0 Å². The van der Waals surface area contributed by atoms with Crippen molar-refractivity contribution in [2.45, 2.75) is 18.4 Å². The molecule has 0 saturated heterocycles. The average molecular weight is 437 g/mol. The Kier molecular flexibility index (Phi) is 5.53. The van der Waals surface area contributed by atoms with Crippen molar-refractivity contribution in [1.82, 2.24) is 5.32 Å². The van der Waals surface area contributed by atoms with Crippen LogP contribution >= 0.6 is 0 Å². The molecule has 0 spiro atoms. The first-order valence-electron chi connectivity index (χ1n) is 10.9. The summed E-state index contributed by atoms with van der Waals surface area (Å²) in [5, 5.41) is 14.2. The number of alkyl carbamates (subject to hydrolysis) is 1. The Labute approximate surface area is 191 Å². The molecule has 1 aliphatic rings. The largest absolute Gasteiger partial charge is 0.481 e. The van der Waals surface area contributed by atoms with Gasteiger partial charge in [0.15, 0.2) is 0 Å². The summed E-state index contributed by atoms with van der Waals surface area (Å²) in [7, 11) is 0. The fourth-order valence-electron chi connectivity index (χ4n) is 4.63. The second kappa shape index (κ2) is 8.79. The van der Waals surface area contributed by atoms with Crippen molar-refractivity contribution in [2.24, 2.45) is 0 Å². The molecule has 2 N–H and O–H groups in total. The lowest BCUT2D eigenvalue weighted by atomic mass is 9.98. The van der Waals surface area contributed by atoms with E-state index < -0.39 is 18.1 Å². The van der Waals surface area contributed by atoms with Crippen LogP contribution in [0.15, 0.2) is 91.0 Å². The Morgan fingerprint density at radius 3 is 2.09 bits per heavy atom. The Hall–Kier alpha value is -4.12. The lowest BCUT2D eigenvalue weighted by Gasteiger charge is -2.19. The Morgan fingerprint density at radius 2 is 1.42 bits per heavy atom. The molecule has 0 unspecified atom stereocenters. The third-order valence-electron chi connectivity index (χ3n) is 6.19. The SMILES string of the molecule is O=C(O)C[C@@H](NC(=O)OCC1c2ccccc2-c2ccccc21)c1ccc2ccccc2c1. The molecule has 0 fully saturated rings. The lowest BCUT2D eigenvalue weighted by Crippen LogP contribution is -2.31. The summed E-state index contributed by atoms with van der Waals surface area (Å²) >= 11 is 0. The van der Waals surface area contributed by atoms with Crippen LogP contribution in [0.25, 0.3) is 21.9 Å². The van der Waals surface area contributed by atoms with Gasteiger partial charge in [-0.25, -0.2) is 4.79 Å². The summed E-state index contributed by atoms with van der Waals surface area (Å²) in [5.74, 6) is -1.05. The third-order valence-corrected chi connectivity index (χ3v) is 6.19. The molecule has 0 saturated carbocycles. The Balaban J connectivity index is 1.33. The maximum atomic E-state index is 12.7. The van der Waals surface area contributed by atoms with Crippen molar-refractivity contribution in [2.75, 3.05) is 6.61 Å². The van der Waals surface area contributed by atoms with Crippen molar-refractivity contribution >= 4 is 22.8 Å². The molecule has 0 radical (unpaired) electrons. The van der Waals surface area contributed by atoms with Crippen LogP contribution in [0.5, 0.6) is 0 Å². The van der Waals surface area contributed by atoms with Crippen LogP contribution < -0.4 is 5.32 Å². The maximum absolute atomic E-state index is 12.7. The molecule has 0 heterocycles. The number of benzene rings is 4. The second-order valence-corrected chi connectivity index (χ2v) is 8.23. The molecule has 0 aromatic heterocycles. The van der Waals surface area contributed by atoms with Crippen molar-refractivity contribution in [1.29, 1.82) is 0 Å². The van der Waals surface area contributed by atoms with Gasteiger partial charge >= 0.3 is 12.1 Å². The molecule has 0 bridgehead atoms. The topological polar surface area (TPSA) is 75.6 Å². The van der Waals surface area contributed by atoms with Gasteiger partial charge in [-0.3, -0.25) is 4.79 Å². The zero-order chi connectivity index (χ0) is 22.8. The molecule has 1 amide bonds. The van der Waals surface area contributed by atoms with Gasteiger partial charge in [0.05, 0.1) is 12.5 Å². The monoisotopic (exact) mass is 437 g/mol. The van der Waals surface area contributed by atoms with E-state index in [1.54, 1.807) is 0 Å². The van der Waals surface area contributed by atoms with Crippen molar-refractivity contribution in [3.63, 3.8) is 0 Å². The van der Waals surface area contributed by atoms with Crippen LogP contribution in [-0.2, 0) is 9.53 Å². The van der Waals surface area contributed by atoms with Crippen LogP contribution in [0.2, 0.25) is 0 Å². The molecule has 5 rings (SSSR count). The van der Waals surface area contributed by atoms with E-state index in [2.05, 4.69) is 29.6 Å². The van der Waals surface area contributed by atoms with E-state index in [0.717, 1.165) is 38.6 Å². The van der Waals surface area contributed by atoms with Gasteiger partial charge in [0.25, 0.3) is 0 Å². The molecule has 5 heteroatoms. The number of carboxylic acids is 1. The predicted octanol–water partition coefficient (Wildman–Crippen LogP) is 5.89. The van der Waals surface area contributed by atoms with Crippen LogP contribution in [-0.4, -0.2) is 23.8 Å². The number of carbonyl (C=O) groups excluding carboxylic acids is 1. The number of carbonyl (C=O) groups is 2. The molecule has 1 aliphatic carbocycles. The zero-order valence-electron chi connectivity index (χ0n) is 17.9. The number of aliphatic carboxylic acids is 1.